The second kappa shape index (κ2) is 12.2. The van der Waals surface area contributed by atoms with Crippen LogP contribution in [-0.2, 0) is 33.4 Å². The Morgan fingerprint density at radius 2 is 1.89 bits per heavy atom. The number of ether oxygens (including phenoxy) is 2. The number of halogens is 3. The zero-order valence-corrected chi connectivity index (χ0v) is 25.7. The Labute approximate surface area is 255 Å². The fraction of sp³-hybridized carbons (Fsp3) is 0.536. The number of nitrogens with one attached hydrogen (secondary N) is 1. The Morgan fingerprint density at radius 1 is 1.16 bits per heavy atom. The lowest BCUT2D eigenvalue weighted by molar-refractivity contribution is -0.134. The van der Waals surface area contributed by atoms with Crippen molar-refractivity contribution in [1.29, 1.82) is 0 Å². The molecule has 5 rings (SSSR count). The number of nitrogens with zero attached hydrogens (tertiary/aromatic N) is 6. The number of alkyl halides is 3. The number of thiophene rings is 1. The molecule has 1 N–H and O–H groups in total. The molecule has 16 heteroatoms. The fourth-order valence-corrected chi connectivity index (χ4v) is 5.84. The van der Waals surface area contributed by atoms with Gasteiger partial charge in [0, 0.05) is 31.6 Å². The molecule has 0 spiro atoms. The van der Waals surface area contributed by atoms with Gasteiger partial charge in [0.2, 0.25) is 11.7 Å². The van der Waals surface area contributed by atoms with Crippen molar-refractivity contribution in [3.8, 4) is 0 Å². The number of aromatic nitrogens is 4. The largest absolute Gasteiger partial charge is 0.444 e. The number of amides is 2. The van der Waals surface area contributed by atoms with E-state index in [-0.39, 0.29) is 18.0 Å². The maximum Gasteiger partial charge on any atom is 0.425 e. The number of hydrogen-bond donors (Lipinski definition) is 1. The van der Waals surface area contributed by atoms with Crippen molar-refractivity contribution in [2.45, 2.75) is 58.9 Å². The summed E-state index contributed by atoms with van der Waals surface area (Å²) in [6.45, 7) is 9.03. The molecular formula is C28H34F3N7O5S. The van der Waals surface area contributed by atoms with Crippen molar-refractivity contribution in [1.82, 2.24) is 24.1 Å². The molecule has 2 aliphatic heterocycles. The van der Waals surface area contributed by atoms with E-state index in [1.54, 1.807) is 30.2 Å². The van der Waals surface area contributed by atoms with Crippen LogP contribution in [0.15, 0.2) is 22.3 Å². The number of anilines is 2. The Morgan fingerprint density at radius 3 is 2.48 bits per heavy atom. The molecule has 0 unspecified atom stereocenters. The zero-order valence-electron chi connectivity index (χ0n) is 24.9. The van der Waals surface area contributed by atoms with Crippen LogP contribution in [0.1, 0.15) is 50.5 Å². The van der Waals surface area contributed by atoms with Crippen LogP contribution >= 0.6 is 11.3 Å². The molecule has 0 saturated carbocycles. The second-order valence-electron chi connectivity index (χ2n) is 11.4. The molecule has 1 fully saturated rings. The van der Waals surface area contributed by atoms with E-state index in [2.05, 4.69) is 15.4 Å². The fourth-order valence-electron chi connectivity index (χ4n) is 5.13. The molecule has 238 valence electrons. The summed E-state index contributed by atoms with van der Waals surface area (Å²) in [5.41, 5.74) is 0.603. The van der Waals surface area contributed by atoms with Crippen molar-refractivity contribution < 1.29 is 32.2 Å². The first-order valence-corrected chi connectivity index (χ1v) is 15.1. The van der Waals surface area contributed by atoms with Gasteiger partial charge in [-0.3, -0.25) is 9.59 Å². The highest BCUT2D eigenvalue weighted by Gasteiger charge is 2.33. The normalized spacial score (nSPS) is 16.3. The molecule has 0 aliphatic carbocycles. The molecule has 0 atom stereocenters. The minimum Gasteiger partial charge on any atom is -0.444 e. The predicted molar refractivity (Wildman–Crippen MR) is 158 cm³/mol. The Bertz CT molecular complexity index is 1650. The lowest BCUT2D eigenvalue weighted by Crippen LogP contribution is -2.51. The predicted octanol–water partition coefficient (Wildman–Crippen LogP) is 4.03. The lowest BCUT2D eigenvalue weighted by Gasteiger charge is -2.37. The summed E-state index contributed by atoms with van der Waals surface area (Å²) in [6, 6.07) is 0.882. The van der Waals surface area contributed by atoms with E-state index in [1.807, 2.05) is 17.9 Å². The van der Waals surface area contributed by atoms with Crippen molar-refractivity contribution in [3.05, 3.63) is 44.3 Å². The van der Waals surface area contributed by atoms with Gasteiger partial charge in [-0.2, -0.15) is 22.7 Å². The Kier molecular flexibility index (Phi) is 8.75. The van der Waals surface area contributed by atoms with Crippen LogP contribution in [0.3, 0.4) is 0 Å². The van der Waals surface area contributed by atoms with E-state index < -0.39 is 34.2 Å². The summed E-state index contributed by atoms with van der Waals surface area (Å²) in [6.07, 6.45) is -2.23. The maximum atomic E-state index is 14.0. The number of rotatable bonds is 6. The molecule has 3 aromatic rings. The summed E-state index contributed by atoms with van der Waals surface area (Å²) < 4.78 is 53.0. The average molecular weight is 638 g/mol. The first-order chi connectivity index (χ1) is 20.7. The van der Waals surface area contributed by atoms with Crippen LogP contribution in [0.4, 0.5) is 29.3 Å². The van der Waals surface area contributed by atoms with E-state index in [4.69, 9.17) is 9.47 Å². The van der Waals surface area contributed by atoms with Crippen LogP contribution in [0, 0.1) is 0 Å². The van der Waals surface area contributed by atoms with E-state index in [1.165, 1.54) is 9.90 Å². The van der Waals surface area contributed by atoms with Crippen LogP contribution < -0.4 is 15.8 Å². The summed E-state index contributed by atoms with van der Waals surface area (Å²) >= 11 is 0.488. The molecule has 5 heterocycles. The summed E-state index contributed by atoms with van der Waals surface area (Å²) in [7, 11) is 0. The highest BCUT2D eigenvalue weighted by molar-refractivity contribution is 7.10. The number of carbonyl (C=O) groups is 2. The summed E-state index contributed by atoms with van der Waals surface area (Å²) in [5, 5.41) is 8.28. The van der Waals surface area contributed by atoms with Gasteiger partial charge in [-0.25, -0.2) is 4.79 Å². The summed E-state index contributed by atoms with van der Waals surface area (Å²) in [5.74, 6) is -0.115. The standard InChI is InChI=1S/C28H34F3N7O5S/c1-5-19-22(35-8-10-36(11-9-35)26(41)43-27(2,3)4)24(40)38-25(33-23(34-38)17-6-12-42-13-7-17)37(19)15-21(39)32-18-14-20(44-16-18)28(29,30)31/h6,14,16H,5,7-13,15H2,1-4H3,(H,32,39). The topological polar surface area (TPSA) is 123 Å². The van der Waals surface area contributed by atoms with Gasteiger partial charge in [-0.15, -0.1) is 16.4 Å². The Balaban J connectivity index is 1.50. The third-order valence-corrected chi connectivity index (χ3v) is 8.10. The highest BCUT2D eigenvalue weighted by atomic mass is 32.1. The van der Waals surface area contributed by atoms with E-state index in [9.17, 15) is 27.6 Å². The van der Waals surface area contributed by atoms with Crippen LogP contribution in [0.2, 0.25) is 0 Å². The zero-order chi connectivity index (χ0) is 31.8. The van der Waals surface area contributed by atoms with Gasteiger partial charge in [0.05, 0.1) is 24.6 Å². The van der Waals surface area contributed by atoms with Crippen LogP contribution in [0.5, 0.6) is 0 Å². The smallest absolute Gasteiger partial charge is 0.425 e. The number of hydrogen-bond acceptors (Lipinski definition) is 9. The van der Waals surface area contributed by atoms with Crippen molar-refractivity contribution >= 4 is 46.1 Å². The summed E-state index contributed by atoms with van der Waals surface area (Å²) in [4.78, 5) is 47.1. The number of carbonyl (C=O) groups excluding carboxylic acids is 2. The molecule has 1 saturated heterocycles. The number of fused-ring (bicyclic) bond motifs is 1. The third-order valence-electron chi connectivity index (χ3n) is 7.12. The molecule has 3 aromatic heterocycles. The molecule has 0 bridgehead atoms. The SMILES string of the molecule is CCc1c(N2CCN(C(=O)OC(C)(C)C)CC2)c(=O)n2nc(C3=CCOCC3)nc2n1CC(=O)Nc1csc(C(F)(F)F)c1. The molecule has 44 heavy (non-hydrogen) atoms. The lowest BCUT2D eigenvalue weighted by atomic mass is 10.1. The minimum absolute atomic E-state index is 0.0236. The molecule has 0 aromatic carbocycles. The molecule has 2 amide bonds. The maximum absolute atomic E-state index is 14.0. The van der Waals surface area contributed by atoms with E-state index in [0.29, 0.717) is 80.8 Å². The van der Waals surface area contributed by atoms with Gasteiger partial charge in [-0.05, 0) is 45.3 Å². The van der Waals surface area contributed by atoms with Gasteiger partial charge in [0.1, 0.15) is 22.7 Å². The van der Waals surface area contributed by atoms with Gasteiger partial charge in [0.15, 0.2) is 5.82 Å². The number of piperazine rings is 1. The molecule has 0 radical (unpaired) electrons. The van der Waals surface area contributed by atoms with Gasteiger partial charge in [0.25, 0.3) is 5.56 Å². The molecule has 2 aliphatic rings. The average Bonchev–Trinajstić information content (AvgIpc) is 3.62. The monoisotopic (exact) mass is 637 g/mol. The first kappa shape index (κ1) is 31.5. The van der Waals surface area contributed by atoms with Crippen LogP contribution in [0.25, 0.3) is 11.4 Å². The quantitative estimate of drug-likeness (QED) is 0.430. The van der Waals surface area contributed by atoms with Crippen molar-refractivity contribution in [3.63, 3.8) is 0 Å². The van der Waals surface area contributed by atoms with Gasteiger partial charge >= 0.3 is 12.3 Å². The van der Waals surface area contributed by atoms with Crippen molar-refractivity contribution in [2.24, 2.45) is 0 Å². The molecular weight excluding hydrogens is 603 g/mol. The van der Waals surface area contributed by atoms with Crippen molar-refractivity contribution in [2.75, 3.05) is 49.6 Å². The molecule has 12 nitrogen and oxygen atoms in total. The Hall–Kier alpha value is -3.92. The highest BCUT2D eigenvalue weighted by Crippen LogP contribution is 2.35. The van der Waals surface area contributed by atoms with Gasteiger partial charge in [-0.1, -0.05) is 13.0 Å². The van der Waals surface area contributed by atoms with E-state index >= 15 is 0 Å². The first-order valence-electron chi connectivity index (χ1n) is 14.2. The minimum atomic E-state index is -4.52. The third kappa shape index (κ3) is 6.75. The van der Waals surface area contributed by atoms with Crippen LogP contribution in [-0.4, -0.2) is 81.1 Å². The van der Waals surface area contributed by atoms with E-state index in [0.717, 1.165) is 11.6 Å². The second-order valence-corrected chi connectivity index (χ2v) is 12.4. The van der Waals surface area contributed by atoms with Gasteiger partial charge < -0.3 is 29.2 Å².